The van der Waals surface area contributed by atoms with E-state index in [1.807, 2.05) is 0 Å². The zero-order chi connectivity index (χ0) is 10.3. The van der Waals surface area contributed by atoms with Crippen molar-refractivity contribution in [2.75, 3.05) is 27.9 Å². The molecule has 2 saturated heterocycles. The molecule has 0 bridgehead atoms. The fourth-order valence-corrected chi connectivity index (χ4v) is 2.37. The van der Waals surface area contributed by atoms with Gasteiger partial charge in [0.05, 0.1) is 18.9 Å². The summed E-state index contributed by atoms with van der Waals surface area (Å²) in [5.74, 6) is 0. The van der Waals surface area contributed by atoms with E-state index >= 15 is 0 Å². The number of nitrogens with two attached hydrogens (primary N) is 1. The fraction of sp³-hybridized carbons (Fsp3) is 1.00. The molecule has 4 unspecified atom stereocenters. The van der Waals surface area contributed by atoms with Gasteiger partial charge in [0.2, 0.25) is 0 Å². The molecule has 2 aliphatic heterocycles. The van der Waals surface area contributed by atoms with Crippen LogP contribution in [-0.2, 0) is 4.74 Å². The SMILES string of the molecule is COC1NC(N)NC2C1N(C)CN2C. The zero-order valence-corrected chi connectivity index (χ0v) is 8.90. The number of nitrogens with zero attached hydrogens (tertiary/aromatic N) is 2. The molecule has 14 heavy (non-hydrogen) atoms. The van der Waals surface area contributed by atoms with Gasteiger partial charge >= 0.3 is 0 Å². The zero-order valence-electron chi connectivity index (χ0n) is 8.90. The van der Waals surface area contributed by atoms with Crippen molar-refractivity contribution in [2.45, 2.75) is 24.7 Å². The van der Waals surface area contributed by atoms with Crippen molar-refractivity contribution in [3.8, 4) is 0 Å². The lowest BCUT2D eigenvalue weighted by atomic mass is 10.1. The Morgan fingerprint density at radius 1 is 1.29 bits per heavy atom. The van der Waals surface area contributed by atoms with Crippen molar-refractivity contribution < 1.29 is 4.74 Å². The Labute approximate surface area is 84.4 Å². The van der Waals surface area contributed by atoms with Crippen molar-refractivity contribution >= 4 is 0 Å². The largest absolute Gasteiger partial charge is 0.365 e. The minimum absolute atomic E-state index is 0.00815. The number of nitrogens with one attached hydrogen (secondary N) is 2. The van der Waals surface area contributed by atoms with Crippen molar-refractivity contribution in [3.05, 3.63) is 0 Å². The van der Waals surface area contributed by atoms with Gasteiger partial charge in [-0.25, -0.2) is 0 Å². The molecule has 82 valence electrons. The average molecular weight is 201 g/mol. The standard InChI is InChI=1S/C8H19N5O/c1-12-4-13(2)6-5(12)7(14-3)11-8(9)10-6/h5-8,10-11H,4,9H2,1-3H3. The summed E-state index contributed by atoms with van der Waals surface area (Å²) in [6.45, 7) is 0.927. The molecule has 0 aromatic carbocycles. The van der Waals surface area contributed by atoms with Gasteiger partial charge in [0.15, 0.2) is 0 Å². The summed E-state index contributed by atoms with van der Waals surface area (Å²) in [7, 11) is 5.88. The molecule has 0 aromatic rings. The Hall–Kier alpha value is -0.240. The summed E-state index contributed by atoms with van der Waals surface area (Å²) < 4.78 is 5.39. The summed E-state index contributed by atoms with van der Waals surface area (Å²) >= 11 is 0. The van der Waals surface area contributed by atoms with Gasteiger partial charge in [-0.05, 0) is 14.1 Å². The first kappa shape index (κ1) is 10.3. The minimum Gasteiger partial charge on any atom is -0.365 e. The second-order valence-corrected chi connectivity index (χ2v) is 4.06. The molecule has 6 nitrogen and oxygen atoms in total. The van der Waals surface area contributed by atoms with Crippen molar-refractivity contribution in [1.29, 1.82) is 0 Å². The summed E-state index contributed by atoms with van der Waals surface area (Å²) in [5.41, 5.74) is 5.82. The number of hydrogen-bond acceptors (Lipinski definition) is 6. The molecule has 0 aromatic heterocycles. The summed E-state index contributed by atoms with van der Waals surface area (Å²) in [4.78, 5) is 4.49. The third-order valence-electron chi connectivity index (χ3n) is 3.01. The van der Waals surface area contributed by atoms with E-state index < -0.39 is 0 Å². The first-order valence-electron chi connectivity index (χ1n) is 4.84. The highest BCUT2D eigenvalue weighted by Gasteiger charge is 2.45. The maximum absolute atomic E-state index is 5.82. The number of hydrogen-bond donors (Lipinski definition) is 3. The lowest BCUT2D eigenvalue weighted by Gasteiger charge is -2.41. The molecule has 4 atom stereocenters. The third-order valence-corrected chi connectivity index (χ3v) is 3.01. The molecule has 2 rings (SSSR count). The Morgan fingerprint density at radius 2 is 2.00 bits per heavy atom. The van der Waals surface area contributed by atoms with Gasteiger partial charge in [-0.1, -0.05) is 0 Å². The van der Waals surface area contributed by atoms with Crippen LogP contribution in [-0.4, -0.2) is 62.4 Å². The van der Waals surface area contributed by atoms with Crippen LogP contribution >= 0.6 is 0 Å². The molecular formula is C8H19N5O. The molecule has 0 saturated carbocycles. The number of fused-ring (bicyclic) bond motifs is 1. The highest BCUT2D eigenvalue weighted by atomic mass is 16.5. The topological polar surface area (TPSA) is 65.8 Å². The molecule has 0 radical (unpaired) electrons. The summed E-state index contributed by atoms with van der Waals surface area (Å²) in [6, 6.07) is 0.310. The number of ether oxygens (including phenoxy) is 1. The van der Waals surface area contributed by atoms with Crippen LogP contribution in [0.5, 0.6) is 0 Å². The van der Waals surface area contributed by atoms with Crippen molar-refractivity contribution in [3.63, 3.8) is 0 Å². The van der Waals surface area contributed by atoms with Crippen LogP contribution in [0.3, 0.4) is 0 Å². The van der Waals surface area contributed by atoms with Crippen molar-refractivity contribution in [1.82, 2.24) is 20.4 Å². The second kappa shape index (κ2) is 3.73. The first-order chi connectivity index (χ1) is 6.63. The van der Waals surface area contributed by atoms with Crippen LogP contribution in [0.1, 0.15) is 0 Å². The first-order valence-corrected chi connectivity index (χ1v) is 4.84. The van der Waals surface area contributed by atoms with Crippen LogP contribution in [0, 0.1) is 0 Å². The van der Waals surface area contributed by atoms with E-state index in [4.69, 9.17) is 10.5 Å². The lowest BCUT2D eigenvalue weighted by molar-refractivity contribution is -0.0336. The van der Waals surface area contributed by atoms with Crippen LogP contribution in [0.4, 0.5) is 0 Å². The van der Waals surface area contributed by atoms with Crippen LogP contribution in [0.2, 0.25) is 0 Å². The van der Waals surface area contributed by atoms with Crippen LogP contribution < -0.4 is 16.4 Å². The molecule has 0 amide bonds. The highest BCUT2D eigenvalue weighted by molar-refractivity contribution is 4.97. The average Bonchev–Trinajstić information content (AvgIpc) is 2.41. The quantitative estimate of drug-likeness (QED) is 0.453. The van der Waals surface area contributed by atoms with Crippen molar-refractivity contribution in [2.24, 2.45) is 5.73 Å². The van der Waals surface area contributed by atoms with Gasteiger partial charge in [0.1, 0.15) is 12.5 Å². The van der Waals surface area contributed by atoms with Gasteiger partial charge in [-0.15, -0.1) is 0 Å². The van der Waals surface area contributed by atoms with Gasteiger partial charge in [0, 0.05) is 7.11 Å². The lowest BCUT2D eigenvalue weighted by Crippen LogP contribution is -2.71. The van der Waals surface area contributed by atoms with E-state index in [-0.39, 0.29) is 18.7 Å². The summed E-state index contributed by atoms with van der Waals surface area (Å²) in [6.07, 6.45) is 0.0579. The molecule has 4 N–H and O–H groups in total. The van der Waals surface area contributed by atoms with Crippen LogP contribution in [0.15, 0.2) is 0 Å². The van der Waals surface area contributed by atoms with E-state index in [1.165, 1.54) is 0 Å². The van der Waals surface area contributed by atoms with E-state index in [9.17, 15) is 0 Å². The summed E-state index contributed by atoms with van der Waals surface area (Å²) in [5, 5.41) is 6.46. The Kier molecular flexibility index (Phi) is 2.74. The third kappa shape index (κ3) is 1.54. The highest BCUT2D eigenvalue weighted by Crippen LogP contribution is 2.21. The molecule has 2 fully saturated rings. The van der Waals surface area contributed by atoms with Crippen LogP contribution in [0.25, 0.3) is 0 Å². The molecule has 2 aliphatic rings. The predicted molar refractivity (Wildman–Crippen MR) is 53.0 cm³/mol. The number of methoxy groups -OCH3 is 1. The predicted octanol–water partition coefficient (Wildman–Crippen LogP) is -2.08. The monoisotopic (exact) mass is 201 g/mol. The smallest absolute Gasteiger partial charge is 0.128 e. The van der Waals surface area contributed by atoms with Gasteiger partial charge in [-0.2, -0.15) is 0 Å². The minimum atomic E-state index is -0.199. The van der Waals surface area contributed by atoms with E-state index in [0.717, 1.165) is 6.67 Å². The van der Waals surface area contributed by atoms with Gasteiger partial charge < -0.3 is 10.5 Å². The number of rotatable bonds is 1. The molecule has 2 heterocycles. The fourth-order valence-electron chi connectivity index (χ4n) is 2.37. The molecule has 0 aliphatic carbocycles. The second-order valence-electron chi connectivity index (χ2n) is 4.06. The van der Waals surface area contributed by atoms with Gasteiger partial charge in [-0.3, -0.25) is 20.4 Å². The maximum atomic E-state index is 5.82. The Morgan fingerprint density at radius 3 is 2.64 bits per heavy atom. The Bertz CT molecular complexity index is 214. The molecule has 0 spiro atoms. The maximum Gasteiger partial charge on any atom is 0.128 e. The molecule has 6 heteroatoms. The normalized spacial score (nSPS) is 45.4. The van der Waals surface area contributed by atoms with E-state index in [0.29, 0.717) is 6.04 Å². The van der Waals surface area contributed by atoms with Gasteiger partial charge in [0.25, 0.3) is 0 Å². The Balaban J connectivity index is 2.15. The number of likely N-dealkylation sites (N-methyl/N-ethyl adjacent to an activating group) is 2. The van der Waals surface area contributed by atoms with E-state index in [1.54, 1.807) is 7.11 Å². The van der Waals surface area contributed by atoms with E-state index in [2.05, 4.69) is 34.5 Å². The molecular weight excluding hydrogens is 182 g/mol.